The average Bonchev–Trinajstić information content (AvgIpc) is 2.26. The molecule has 1 rings (SSSR count). The van der Waals surface area contributed by atoms with Crippen molar-refractivity contribution in [1.29, 1.82) is 0 Å². The van der Waals surface area contributed by atoms with Gasteiger partial charge in [-0.2, -0.15) is 11.8 Å². The van der Waals surface area contributed by atoms with Crippen molar-refractivity contribution < 1.29 is 10.0 Å². The third-order valence-electron chi connectivity index (χ3n) is 2.39. The Morgan fingerprint density at radius 3 is 2.33 bits per heavy atom. The molecule has 0 saturated heterocycles. The molecule has 1 aromatic rings. The Hall–Kier alpha value is -0.445. The van der Waals surface area contributed by atoms with E-state index in [2.05, 4.69) is 13.8 Å². The first-order valence-electron chi connectivity index (χ1n) is 5.20. The smallest absolute Gasteiger partial charge is 0.423 e. The molecule has 0 spiro atoms. The molecule has 2 N–H and O–H groups in total. The highest BCUT2D eigenvalue weighted by Crippen LogP contribution is 2.18. The van der Waals surface area contributed by atoms with Crippen molar-refractivity contribution in [3.63, 3.8) is 0 Å². The highest BCUT2D eigenvalue weighted by molar-refractivity contribution is 7.99. The number of thioether (sulfide) groups is 1. The van der Waals surface area contributed by atoms with E-state index in [-0.39, 0.29) is 0 Å². The predicted molar refractivity (Wildman–Crippen MR) is 67.3 cm³/mol. The number of hydrogen-bond donors (Lipinski definition) is 2. The second-order valence-corrected chi connectivity index (χ2v) is 5.07. The van der Waals surface area contributed by atoms with Crippen LogP contribution in [0.5, 0.6) is 0 Å². The maximum absolute atomic E-state index is 8.92. The summed E-state index contributed by atoms with van der Waals surface area (Å²) in [6, 6.07) is 7.42. The summed E-state index contributed by atoms with van der Waals surface area (Å²) >= 11 is 1.92. The first kappa shape index (κ1) is 12.6. The minimum absolute atomic E-state index is 0.548. The van der Waals surface area contributed by atoms with E-state index >= 15 is 0 Å². The summed E-state index contributed by atoms with van der Waals surface area (Å²) in [5, 5.41) is 18.5. The Balaban J connectivity index is 2.50. The monoisotopic (exact) mass is 224 g/mol. The van der Waals surface area contributed by atoms with Gasteiger partial charge in [0.2, 0.25) is 0 Å². The molecule has 0 heterocycles. The van der Waals surface area contributed by atoms with Crippen LogP contribution in [0.15, 0.2) is 24.3 Å². The fourth-order valence-electron chi connectivity index (χ4n) is 1.14. The first-order chi connectivity index (χ1) is 7.13. The molecule has 0 aliphatic rings. The van der Waals surface area contributed by atoms with Gasteiger partial charge in [0.1, 0.15) is 0 Å². The highest BCUT2D eigenvalue weighted by atomic mass is 32.2. The lowest BCUT2D eigenvalue weighted by Gasteiger charge is -2.08. The summed E-state index contributed by atoms with van der Waals surface area (Å²) in [7, 11) is -1.36. The van der Waals surface area contributed by atoms with Gasteiger partial charge in [0.25, 0.3) is 0 Å². The molecular formula is C11H17BO2S. The van der Waals surface area contributed by atoms with E-state index in [1.807, 2.05) is 23.9 Å². The molecule has 0 saturated carbocycles. The SMILES string of the molecule is CCC(C)SCc1ccc(B(O)O)cc1. The molecule has 0 aromatic heterocycles. The molecule has 0 bridgehead atoms. The van der Waals surface area contributed by atoms with E-state index < -0.39 is 7.12 Å². The largest absolute Gasteiger partial charge is 0.488 e. The lowest BCUT2D eigenvalue weighted by atomic mass is 9.80. The molecule has 2 nitrogen and oxygen atoms in total. The third kappa shape index (κ3) is 4.28. The quantitative estimate of drug-likeness (QED) is 0.742. The van der Waals surface area contributed by atoms with Gasteiger partial charge in [0.05, 0.1) is 0 Å². The first-order valence-corrected chi connectivity index (χ1v) is 6.25. The number of hydrogen-bond acceptors (Lipinski definition) is 3. The summed E-state index contributed by atoms with van der Waals surface area (Å²) in [4.78, 5) is 0. The van der Waals surface area contributed by atoms with Gasteiger partial charge in [0, 0.05) is 11.0 Å². The van der Waals surface area contributed by atoms with Crippen LogP contribution < -0.4 is 5.46 Å². The molecule has 4 heteroatoms. The molecule has 1 unspecified atom stereocenters. The molecule has 0 aliphatic carbocycles. The van der Waals surface area contributed by atoms with Gasteiger partial charge in [-0.15, -0.1) is 0 Å². The number of benzene rings is 1. The zero-order valence-corrected chi connectivity index (χ0v) is 10.00. The Morgan fingerprint density at radius 1 is 1.27 bits per heavy atom. The van der Waals surface area contributed by atoms with Crippen molar-refractivity contribution >= 4 is 24.3 Å². The molecule has 0 amide bonds. The van der Waals surface area contributed by atoms with Crippen LogP contribution in [-0.2, 0) is 5.75 Å². The zero-order valence-electron chi connectivity index (χ0n) is 9.18. The Bertz CT molecular complexity index is 287. The molecule has 1 aromatic carbocycles. The van der Waals surface area contributed by atoms with Crippen LogP contribution >= 0.6 is 11.8 Å². The Kier molecular flexibility index (Phi) is 5.22. The van der Waals surface area contributed by atoms with Gasteiger partial charge in [0.15, 0.2) is 0 Å². The summed E-state index contributed by atoms with van der Waals surface area (Å²) in [5.74, 6) is 0.983. The molecule has 0 fully saturated rings. The Labute approximate surface area is 95.9 Å². The van der Waals surface area contributed by atoms with Crippen LogP contribution in [0.3, 0.4) is 0 Å². The second-order valence-electron chi connectivity index (χ2n) is 3.65. The lowest BCUT2D eigenvalue weighted by molar-refractivity contribution is 0.426. The number of rotatable bonds is 5. The maximum atomic E-state index is 8.92. The highest BCUT2D eigenvalue weighted by Gasteiger charge is 2.09. The standard InChI is InChI=1S/C11H17BO2S/c1-3-9(2)15-8-10-4-6-11(7-5-10)12(13)14/h4-7,9,13-14H,3,8H2,1-2H3. The molecule has 82 valence electrons. The van der Waals surface area contributed by atoms with Crippen molar-refractivity contribution in [1.82, 2.24) is 0 Å². The van der Waals surface area contributed by atoms with Crippen molar-refractivity contribution in [2.45, 2.75) is 31.3 Å². The van der Waals surface area contributed by atoms with Crippen LogP contribution in [0.1, 0.15) is 25.8 Å². The molecule has 15 heavy (non-hydrogen) atoms. The summed E-state index contributed by atoms with van der Waals surface area (Å²) in [6.07, 6.45) is 1.18. The second kappa shape index (κ2) is 6.21. The van der Waals surface area contributed by atoms with Gasteiger partial charge in [-0.25, -0.2) is 0 Å². The normalized spacial score (nSPS) is 12.5. The minimum atomic E-state index is -1.36. The van der Waals surface area contributed by atoms with E-state index in [9.17, 15) is 0 Å². The van der Waals surface area contributed by atoms with E-state index in [1.165, 1.54) is 12.0 Å². The fourth-order valence-corrected chi connectivity index (χ4v) is 2.05. The average molecular weight is 224 g/mol. The zero-order chi connectivity index (χ0) is 11.3. The van der Waals surface area contributed by atoms with E-state index in [0.29, 0.717) is 10.7 Å². The summed E-state index contributed by atoms with van der Waals surface area (Å²) in [6.45, 7) is 4.40. The van der Waals surface area contributed by atoms with Crippen molar-refractivity contribution in [2.24, 2.45) is 0 Å². The van der Waals surface area contributed by atoms with E-state index in [4.69, 9.17) is 10.0 Å². The maximum Gasteiger partial charge on any atom is 0.488 e. The summed E-state index contributed by atoms with van der Waals surface area (Å²) in [5.41, 5.74) is 1.77. The van der Waals surface area contributed by atoms with Gasteiger partial charge in [-0.05, 0) is 17.4 Å². The van der Waals surface area contributed by atoms with Crippen LogP contribution in [0.4, 0.5) is 0 Å². The lowest BCUT2D eigenvalue weighted by Crippen LogP contribution is -2.29. The molecule has 0 radical (unpaired) electrons. The van der Waals surface area contributed by atoms with Crippen molar-refractivity contribution in [3.05, 3.63) is 29.8 Å². The van der Waals surface area contributed by atoms with Gasteiger partial charge in [-0.1, -0.05) is 38.1 Å². The molecule has 0 aliphatic heterocycles. The molecular weight excluding hydrogens is 207 g/mol. The van der Waals surface area contributed by atoms with Crippen LogP contribution in [0.25, 0.3) is 0 Å². The van der Waals surface area contributed by atoms with Gasteiger partial charge in [-0.3, -0.25) is 0 Å². The van der Waals surface area contributed by atoms with Crippen LogP contribution in [0.2, 0.25) is 0 Å². The van der Waals surface area contributed by atoms with Gasteiger partial charge < -0.3 is 10.0 Å². The third-order valence-corrected chi connectivity index (χ3v) is 3.79. The minimum Gasteiger partial charge on any atom is -0.423 e. The summed E-state index contributed by atoms with van der Waals surface area (Å²) < 4.78 is 0. The van der Waals surface area contributed by atoms with Crippen molar-refractivity contribution in [2.75, 3.05) is 0 Å². The molecule has 1 atom stereocenters. The topological polar surface area (TPSA) is 40.5 Å². The predicted octanol–water partition coefficient (Wildman–Crippen LogP) is 1.40. The van der Waals surface area contributed by atoms with E-state index in [0.717, 1.165) is 5.75 Å². The van der Waals surface area contributed by atoms with E-state index in [1.54, 1.807) is 12.1 Å². The van der Waals surface area contributed by atoms with Crippen LogP contribution in [0, 0.1) is 0 Å². The fraction of sp³-hybridized carbons (Fsp3) is 0.455. The van der Waals surface area contributed by atoms with Crippen LogP contribution in [-0.4, -0.2) is 22.4 Å². The van der Waals surface area contributed by atoms with Crippen molar-refractivity contribution in [3.8, 4) is 0 Å². The van der Waals surface area contributed by atoms with Gasteiger partial charge >= 0.3 is 7.12 Å². The Morgan fingerprint density at radius 2 is 1.87 bits per heavy atom.